The molecule has 1 aliphatic carbocycles. The van der Waals surface area contributed by atoms with Crippen LogP contribution in [0.25, 0.3) is 11.1 Å². The first kappa shape index (κ1) is 9.89. The minimum atomic E-state index is 0.950. The highest BCUT2D eigenvalue weighted by Gasteiger charge is 2.27. The van der Waals surface area contributed by atoms with Crippen molar-refractivity contribution in [3.63, 3.8) is 0 Å². The third-order valence-corrected chi connectivity index (χ3v) is 4.15. The van der Waals surface area contributed by atoms with Gasteiger partial charge in [0.15, 0.2) is 0 Å². The molecule has 0 saturated heterocycles. The van der Waals surface area contributed by atoms with E-state index in [9.17, 15) is 0 Å². The molecule has 0 aromatic heterocycles. The summed E-state index contributed by atoms with van der Waals surface area (Å²) < 4.78 is 0. The molecule has 2 aromatic rings. The summed E-state index contributed by atoms with van der Waals surface area (Å²) in [5, 5.41) is 7.46. The van der Waals surface area contributed by atoms with Gasteiger partial charge in [-0.2, -0.15) is 0 Å². The molecule has 4 rings (SSSR count). The predicted octanol–water partition coefficient (Wildman–Crippen LogP) is 3.23. The molecule has 88 valence electrons. The maximum atomic E-state index is 7.46. The number of fused-ring (bicyclic) bond motifs is 5. The van der Waals surface area contributed by atoms with E-state index in [-0.39, 0.29) is 0 Å². The molecular formula is C16H14N2. The molecule has 0 spiro atoms. The first-order chi connectivity index (χ1) is 8.88. The number of hydrogen-bond donors (Lipinski definition) is 1. The first-order valence-electron chi connectivity index (χ1n) is 6.39. The second-order valence-electron chi connectivity index (χ2n) is 5.00. The Kier molecular flexibility index (Phi) is 1.90. The van der Waals surface area contributed by atoms with Gasteiger partial charge in [0.1, 0.15) is 0 Å². The van der Waals surface area contributed by atoms with E-state index in [1.54, 1.807) is 0 Å². The van der Waals surface area contributed by atoms with Crippen LogP contribution >= 0.6 is 0 Å². The van der Waals surface area contributed by atoms with E-state index in [0.29, 0.717) is 0 Å². The van der Waals surface area contributed by atoms with Crippen LogP contribution in [0.2, 0.25) is 0 Å². The number of hydrogen-bond acceptors (Lipinski definition) is 1. The maximum absolute atomic E-state index is 7.46. The zero-order chi connectivity index (χ0) is 12.1. The van der Waals surface area contributed by atoms with Crippen LogP contribution in [0.3, 0.4) is 0 Å². The largest absolute Gasteiger partial charge is 0.332 e. The molecule has 1 aliphatic heterocycles. The maximum Gasteiger partial charge on any atom is 0.0861 e. The number of nitrogens with zero attached hydrogens (tertiary/aromatic N) is 1. The van der Waals surface area contributed by atoms with Gasteiger partial charge >= 0.3 is 0 Å². The predicted molar refractivity (Wildman–Crippen MR) is 74.5 cm³/mol. The van der Waals surface area contributed by atoms with Gasteiger partial charge in [0.05, 0.1) is 6.34 Å². The van der Waals surface area contributed by atoms with Crippen molar-refractivity contribution >= 4 is 12.0 Å². The fourth-order valence-electron chi connectivity index (χ4n) is 3.30. The van der Waals surface area contributed by atoms with E-state index in [1.165, 1.54) is 39.8 Å². The Hall–Kier alpha value is -2.09. The third kappa shape index (κ3) is 1.15. The Balaban J connectivity index is 1.94. The Morgan fingerprint density at radius 2 is 1.89 bits per heavy atom. The molecule has 2 nitrogen and oxygen atoms in total. The van der Waals surface area contributed by atoms with Crippen molar-refractivity contribution in [1.29, 1.82) is 5.41 Å². The van der Waals surface area contributed by atoms with Crippen molar-refractivity contribution in [2.45, 2.75) is 12.8 Å². The second-order valence-corrected chi connectivity index (χ2v) is 5.00. The Morgan fingerprint density at radius 3 is 2.78 bits per heavy atom. The monoisotopic (exact) mass is 234 g/mol. The van der Waals surface area contributed by atoms with Crippen molar-refractivity contribution in [1.82, 2.24) is 0 Å². The quantitative estimate of drug-likeness (QED) is 0.508. The van der Waals surface area contributed by atoms with Crippen LogP contribution in [-0.4, -0.2) is 12.9 Å². The van der Waals surface area contributed by atoms with Gasteiger partial charge in [-0.1, -0.05) is 30.3 Å². The number of anilines is 1. The van der Waals surface area contributed by atoms with Gasteiger partial charge < -0.3 is 4.90 Å². The SMILES string of the molecule is N=CN1CCc2c1ccc1c2Cc2ccccc2-1. The van der Waals surface area contributed by atoms with E-state index in [2.05, 4.69) is 36.4 Å². The van der Waals surface area contributed by atoms with Gasteiger partial charge in [0.25, 0.3) is 0 Å². The molecule has 1 heterocycles. The van der Waals surface area contributed by atoms with E-state index >= 15 is 0 Å². The molecule has 0 atom stereocenters. The lowest BCUT2D eigenvalue weighted by Gasteiger charge is -2.13. The summed E-state index contributed by atoms with van der Waals surface area (Å²) in [6.07, 6.45) is 3.57. The fraction of sp³-hybridized carbons (Fsp3) is 0.188. The summed E-state index contributed by atoms with van der Waals surface area (Å²) in [6, 6.07) is 13.1. The Labute approximate surface area is 106 Å². The van der Waals surface area contributed by atoms with Crippen LogP contribution in [0.15, 0.2) is 36.4 Å². The minimum absolute atomic E-state index is 0.950. The van der Waals surface area contributed by atoms with Crippen molar-refractivity contribution < 1.29 is 0 Å². The van der Waals surface area contributed by atoms with Gasteiger partial charge in [0, 0.05) is 12.2 Å². The van der Waals surface area contributed by atoms with E-state index in [0.717, 1.165) is 19.4 Å². The van der Waals surface area contributed by atoms with Crippen LogP contribution in [0, 0.1) is 5.41 Å². The van der Waals surface area contributed by atoms with Crippen LogP contribution in [0.4, 0.5) is 5.69 Å². The summed E-state index contributed by atoms with van der Waals surface area (Å²) in [7, 11) is 0. The molecule has 0 amide bonds. The van der Waals surface area contributed by atoms with Gasteiger partial charge in [-0.05, 0) is 46.7 Å². The molecule has 0 unspecified atom stereocenters. The topological polar surface area (TPSA) is 27.1 Å². The highest BCUT2D eigenvalue weighted by atomic mass is 15.1. The number of benzene rings is 2. The number of rotatable bonds is 1. The lowest BCUT2D eigenvalue weighted by Crippen LogP contribution is -2.16. The molecule has 0 radical (unpaired) electrons. The summed E-state index contributed by atoms with van der Waals surface area (Å²) in [5.74, 6) is 0. The smallest absolute Gasteiger partial charge is 0.0861 e. The highest BCUT2D eigenvalue weighted by molar-refractivity contribution is 5.87. The zero-order valence-corrected chi connectivity index (χ0v) is 10.1. The van der Waals surface area contributed by atoms with Crippen LogP contribution in [0.1, 0.15) is 16.7 Å². The zero-order valence-electron chi connectivity index (χ0n) is 10.1. The van der Waals surface area contributed by atoms with E-state index in [4.69, 9.17) is 5.41 Å². The molecule has 2 aliphatic rings. The first-order valence-corrected chi connectivity index (χ1v) is 6.39. The number of nitrogens with one attached hydrogen (secondary N) is 1. The van der Waals surface area contributed by atoms with E-state index in [1.807, 2.05) is 4.90 Å². The summed E-state index contributed by atoms with van der Waals surface area (Å²) >= 11 is 0. The Morgan fingerprint density at radius 1 is 1.00 bits per heavy atom. The molecule has 0 saturated carbocycles. The molecular weight excluding hydrogens is 220 g/mol. The van der Waals surface area contributed by atoms with Crippen molar-refractivity contribution in [2.24, 2.45) is 0 Å². The van der Waals surface area contributed by atoms with Crippen LogP contribution in [-0.2, 0) is 12.8 Å². The molecule has 1 N–H and O–H groups in total. The van der Waals surface area contributed by atoms with Crippen molar-refractivity contribution in [3.8, 4) is 11.1 Å². The molecule has 18 heavy (non-hydrogen) atoms. The molecule has 2 aromatic carbocycles. The van der Waals surface area contributed by atoms with Crippen molar-refractivity contribution in [3.05, 3.63) is 53.1 Å². The van der Waals surface area contributed by atoms with Crippen molar-refractivity contribution in [2.75, 3.05) is 11.4 Å². The third-order valence-electron chi connectivity index (χ3n) is 4.15. The molecule has 0 fully saturated rings. The highest BCUT2D eigenvalue weighted by Crippen LogP contribution is 2.43. The van der Waals surface area contributed by atoms with Gasteiger partial charge in [0.2, 0.25) is 0 Å². The van der Waals surface area contributed by atoms with Gasteiger partial charge in [-0.25, -0.2) is 0 Å². The minimum Gasteiger partial charge on any atom is -0.332 e. The summed E-state index contributed by atoms with van der Waals surface area (Å²) in [5.41, 5.74) is 8.40. The average molecular weight is 234 g/mol. The van der Waals surface area contributed by atoms with Crippen LogP contribution in [0.5, 0.6) is 0 Å². The van der Waals surface area contributed by atoms with Gasteiger partial charge in [-0.3, -0.25) is 5.41 Å². The van der Waals surface area contributed by atoms with E-state index < -0.39 is 0 Å². The lowest BCUT2D eigenvalue weighted by molar-refractivity contribution is 1.02. The van der Waals surface area contributed by atoms with Crippen LogP contribution < -0.4 is 4.90 Å². The standard InChI is InChI=1S/C16H14N2/c17-10-18-8-7-14-15-9-11-3-1-2-4-12(11)13(15)5-6-16(14)18/h1-6,10,17H,7-9H2. The lowest BCUT2D eigenvalue weighted by atomic mass is 9.99. The Bertz CT molecular complexity index is 658. The fourth-order valence-corrected chi connectivity index (χ4v) is 3.30. The summed E-state index contributed by atoms with van der Waals surface area (Å²) in [4.78, 5) is 2.04. The second kappa shape index (κ2) is 3.45. The normalized spacial score (nSPS) is 15.2. The molecule has 0 bridgehead atoms. The molecule has 2 heteroatoms. The average Bonchev–Trinajstić information content (AvgIpc) is 2.99. The van der Waals surface area contributed by atoms with Gasteiger partial charge in [-0.15, -0.1) is 0 Å². The summed E-state index contributed by atoms with van der Waals surface area (Å²) in [6.45, 7) is 0.950.